The molecular weight excluding hydrogens is 250 g/mol. The predicted molar refractivity (Wildman–Crippen MR) is 71.8 cm³/mol. The fraction of sp³-hybridized carbons (Fsp3) is 0.308. The van der Waals surface area contributed by atoms with Gasteiger partial charge in [-0.1, -0.05) is 17.7 Å². The largest absolute Gasteiger partial charge is 0.490 e. The van der Waals surface area contributed by atoms with E-state index in [9.17, 15) is 0 Å². The van der Waals surface area contributed by atoms with E-state index in [-0.39, 0.29) is 6.04 Å². The maximum atomic E-state index is 6.13. The number of halogens is 1. The lowest BCUT2D eigenvalue weighted by Gasteiger charge is -2.11. The molecule has 0 bridgehead atoms. The molecule has 1 aromatic heterocycles. The van der Waals surface area contributed by atoms with Gasteiger partial charge in [-0.3, -0.25) is 4.68 Å². The zero-order chi connectivity index (χ0) is 13.0. The Kier molecular flexibility index (Phi) is 4.23. The van der Waals surface area contributed by atoms with Crippen LogP contribution in [0.1, 0.15) is 18.5 Å². The van der Waals surface area contributed by atoms with E-state index in [0.29, 0.717) is 23.9 Å². The van der Waals surface area contributed by atoms with Gasteiger partial charge in [-0.15, -0.1) is 0 Å². The number of ether oxygens (including phenoxy) is 1. The number of nitrogens with two attached hydrogens (primary N) is 1. The summed E-state index contributed by atoms with van der Waals surface area (Å²) in [7, 11) is 0. The number of hydrogen-bond donors (Lipinski definition) is 1. The van der Waals surface area contributed by atoms with Crippen LogP contribution in [0, 0.1) is 0 Å². The Morgan fingerprint density at radius 3 is 2.94 bits per heavy atom. The molecule has 2 aromatic rings. The molecule has 2 N–H and O–H groups in total. The van der Waals surface area contributed by atoms with Crippen molar-refractivity contribution in [2.24, 2.45) is 5.73 Å². The van der Waals surface area contributed by atoms with Gasteiger partial charge in [0.25, 0.3) is 0 Å². The number of hydrogen-bond acceptors (Lipinski definition) is 3. The summed E-state index contributed by atoms with van der Waals surface area (Å²) in [5.41, 5.74) is 6.79. The smallest absolute Gasteiger partial charge is 0.138 e. The summed E-state index contributed by atoms with van der Waals surface area (Å²) in [4.78, 5) is 0. The Bertz CT molecular complexity index is 497. The first kappa shape index (κ1) is 12.9. The van der Waals surface area contributed by atoms with Crippen molar-refractivity contribution in [1.82, 2.24) is 9.78 Å². The fourth-order valence-corrected chi connectivity index (χ4v) is 1.84. The molecule has 0 aliphatic carbocycles. The molecule has 0 unspecified atom stereocenters. The van der Waals surface area contributed by atoms with Crippen LogP contribution < -0.4 is 10.5 Å². The van der Waals surface area contributed by atoms with Crippen molar-refractivity contribution in [2.45, 2.75) is 19.5 Å². The molecule has 0 saturated heterocycles. The third-order valence-electron chi connectivity index (χ3n) is 2.62. The summed E-state index contributed by atoms with van der Waals surface area (Å²) in [5, 5.41) is 4.68. The number of nitrogens with zero attached hydrogens (tertiary/aromatic N) is 2. The molecule has 4 nitrogen and oxygen atoms in total. The molecule has 0 aliphatic rings. The first-order chi connectivity index (χ1) is 8.66. The number of benzene rings is 1. The monoisotopic (exact) mass is 265 g/mol. The molecule has 0 fully saturated rings. The average Bonchev–Trinajstić information content (AvgIpc) is 2.84. The number of rotatable bonds is 5. The molecule has 1 atom stereocenters. The first-order valence-corrected chi connectivity index (χ1v) is 6.20. The third kappa shape index (κ3) is 3.24. The second kappa shape index (κ2) is 5.89. The van der Waals surface area contributed by atoms with E-state index >= 15 is 0 Å². The van der Waals surface area contributed by atoms with Crippen molar-refractivity contribution in [2.75, 3.05) is 6.61 Å². The van der Waals surface area contributed by atoms with E-state index in [4.69, 9.17) is 22.1 Å². The molecule has 1 heterocycles. The summed E-state index contributed by atoms with van der Waals surface area (Å²) in [6.45, 7) is 3.14. The zero-order valence-electron chi connectivity index (χ0n) is 10.2. The van der Waals surface area contributed by atoms with Crippen LogP contribution in [0.15, 0.2) is 36.7 Å². The molecule has 0 amide bonds. The van der Waals surface area contributed by atoms with Crippen LogP contribution >= 0.6 is 11.6 Å². The quantitative estimate of drug-likeness (QED) is 0.904. The highest BCUT2D eigenvalue weighted by Crippen LogP contribution is 2.27. The highest BCUT2D eigenvalue weighted by Gasteiger charge is 2.05. The lowest BCUT2D eigenvalue weighted by atomic mass is 10.1. The minimum absolute atomic E-state index is 0.0272. The zero-order valence-corrected chi connectivity index (χ0v) is 11.0. The SMILES string of the molecule is C[C@H](N)c1ccc(OCCn2cccn2)c(Cl)c1. The summed E-state index contributed by atoms with van der Waals surface area (Å²) < 4.78 is 7.42. The van der Waals surface area contributed by atoms with Crippen LogP contribution in [0.25, 0.3) is 0 Å². The van der Waals surface area contributed by atoms with Gasteiger partial charge in [0.1, 0.15) is 12.4 Å². The summed E-state index contributed by atoms with van der Waals surface area (Å²) in [6, 6.07) is 7.48. The minimum atomic E-state index is -0.0272. The maximum absolute atomic E-state index is 6.13. The highest BCUT2D eigenvalue weighted by atomic mass is 35.5. The molecule has 0 spiro atoms. The van der Waals surface area contributed by atoms with E-state index in [1.807, 2.05) is 42.1 Å². The second-order valence-corrected chi connectivity index (χ2v) is 4.50. The van der Waals surface area contributed by atoms with Crippen LogP contribution in [0.5, 0.6) is 5.75 Å². The Balaban J connectivity index is 1.93. The molecule has 0 aliphatic heterocycles. The van der Waals surface area contributed by atoms with E-state index in [1.54, 1.807) is 6.20 Å². The van der Waals surface area contributed by atoms with Crippen molar-refractivity contribution >= 4 is 11.6 Å². The molecule has 0 saturated carbocycles. The van der Waals surface area contributed by atoms with Gasteiger partial charge in [0.15, 0.2) is 0 Å². The Morgan fingerprint density at radius 1 is 1.50 bits per heavy atom. The second-order valence-electron chi connectivity index (χ2n) is 4.10. The van der Waals surface area contributed by atoms with Crippen LogP contribution in [0.3, 0.4) is 0 Å². The standard InChI is InChI=1S/C13H16ClN3O/c1-10(15)11-3-4-13(12(14)9-11)18-8-7-17-6-2-5-16-17/h2-6,9-10H,7-8,15H2,1H3/t10-/m0/s1. The first-order valence-electron chi connectivity index (χ1n) is 5.82. The topological polar surface area (TPSA) is 53.1 Å². The molecule has 5 heteroatoms. The Morgan fingerprint density at radius 2 is 2.33 bits per heavy atom. The molecule has 2 rings (SSSR count). The van der Waals surface area contributed by atoms with Crippen LogP contribution in [-0.2, 0) is 6.54 Å². The molecular formula is C13H16ClN3O. The Labute approximate surface area is 111 Å². The average molecular weight is 266 g/mol. The third-order valence-corrected chi connectivity index (χ3v) is 2.91. The lowest BCUT2D eigenvalue weighted by Crippen LogP contribution is -2.09. The van der Waals surface area contributed by atoms with Gasteiger partial charge in [0, 0.05) is 18.4 Å². The summed E-state index contributed by atoms with van der Waals surface area (Å²) in [6.07, 6.45) is 3.63. The van der Waals surface area contributed by atoms with Crippen molar-refractivity contribution in [1.29, 1.82) is 0 Å². The lowest BCUT2D eigenvalue weighted by molar-refractivity contribution is 0.291. The fourth-order valence-electron chi connectivity index (χ4n) is 1.60. The summed E-state index contributed by atoms with van der Waals surface area (Å²) >= 11 is 6.13. The van der Waals surface area contributed by atoms with Gasteiger partial charge in [-0.05, 0) is 30.7 Å². The van der Waals surface area contributed by atoms with Gasteiger partial charge >= 0.3 is 0 Å². The molecule has 18 heavy (non-hydrogen) atoms. The van der Waals surface area contributed by atoms with Crippen LogP contribution in [-0.4, -0.2) is 16.4 Å². The van der Waals surface area contributed by atoms with Crippen LogP contribution in [0.2, 0.25) is 5.02 Å². The molecule has 0 radical (unpaired) electrons. The Hall–Kier alpha value is -1.52. The van der Waals surface area contributed by atoms with Gasteiger partial charge < -0.3 is 10.5 Å². The number of aromatic nitrogens is 2. The molecule has 1 aromatic carbocycles. The van der Waals surface area contributed by atoms with Gasteiger partial charge in [0.2, 0.25) is 0 Å². The van der Waals surface area contributed by atoms with Crippen molar-refractivity contribution in [3.8, 4) is 5.75 Å². The van der Waals surface area contributed by atoms with Gasteiger partial charge in [-0.2, -0.15) is 5.10 Å². The maximum Gasteiger partial charge on any atom is 0.138 e. The predicted octanol–water partition coefficient (Wildman–Crippen LogP) is 2.64. The molecule has 96 valence electrons. The normalized spacial score (nSPS) is 12.4. The summed E-state index contributed by atoms with van der Waals surface area (Å²) in [5.74, 6) is 0.674. The minimum Gasteiger partial charge on any atom is -0.490 e. The van der Waals surface area contributed by atoms with Crippen molar-refractivity contribution in [3.05, 3.63) is 47.2 Å². The van der Waals surface area contributed by atoms with E-state index < -0.39 is 0 Å². The van der Waals surface area contributed by atoms with E-state index in [0.717, 1.165) is 5.56 Å². The van der Waals surface area contributed by atoms with Crippen molar-refractivity contribution in [3.63, 3.8) is 0 Å². The van der Waals surface area contributed by atoms with E-state index in [1.165, 1.54) is 0 Å². The van der Waals surface area contributed by atoms with Gasteiger partial charge in [0.05, 0.1) is 11.6 Å². The van der Waals surface area contributed by atoms with Gasteiger partial charge in [-0.25, -0.2) is 0 Å². The van der Waals surface area contributed by atoms with Crippen molar-refractivity contribution < 1.29 is 4.74 Å². The van der Waals surface area contributed by atoms with Crippen LogP contribution in [0.4, 0.5) is 0 Å². The van der Waals surface area contributed by atoms with E-state index in [2.05, 4.69) is 5.10 Å². The highest BCUT2D eigenvalue weighted by molar-refractivity contribution is 6.32.